The minimum absolute atomic E-state index is 0.0265. The van der Waals surface area contributed by atoms with Crippen molar-refractivity contribution in [2.45, 2.75) is 32.2 Å². The van der Waals surface area contributed by atoms with Gasteiger partial charge >= 0.3 is 0 Å². The number of hydrogen-bond acceptors (Lipinski definition) is 5. The quantitative estimate of drug-likeness (QED) is 0.691. The third-order valence-corrected chi connectivity index (χ3v) is 5.55. The number of aryl methyl sites for hydroxylation is 1. The topological polar surface area (TPSA) is 59.2 Å². The van der Waals surface area contributed by atoms with Gasteiger partial charge in [-0.25, -0.2) is 14.4 Å². The summed E-state index contributed by atoms with van der Waals surface area (Å²) in [6.45, 7) is 2.51. The number of nitrogens with zero attached hydrogens (tertiary/aromatic N) is 3. The van der Waals surface area contributed by atoms with Crippen LogP contribution in [0.5, 0.6) is 0 Å². The number of halogens is 1. The van der Waals surface area contributed by atoms with E-state index >= 15 is 0 Å². The fourth-order valence-corrected chi connectivity index (χ4v) is 4.05. The minimum atomic E-state index is -0.260. The molecule has 3 heterocycles. The van der Waals surface area contributed by atoms with Crippen LogP contribution in [0, 0.1) is 12.7 Å². The highest BCUT2D eigenvalue weighted by molar-refractivity contribution is 7.11. The Kier molecular flexibility index (Phi) is 4.55. The number of rotatable bonds is 4. The first kappa shape index (κ1) is 16.9. The van der Waals surface area contributed by atoms with Gasteiger partial charge in [-0.15, -0.1) is 11.3 Å². The van der Waals surface area contributed by atoms with Crippen LogP contribution < -0.4 is 0 Å². The zero-order chi connectivity index (χ0) is 18.1. The molecule has 7 heteroatoms. The first-order valence-corrected chi connectivity index (χ1v) is 9.40. The van der Waals surface area contributed by atoms with E-state index < -0.39 is 0 Å². The minimum Gasteiger partial charge on any atom is -0.443 e. The summed E-state index contributed by atoms with van der Waals surface area (Å²) in [6, 6.07) is 6.44. The third kappa shape index (κ3) is 3.14. The fraction of sp³-hybridized carbons (Fsp3) is 0.316. The van der Waals surface area contributed by atoms with E-state index in [1.54, 1.807) is 34.8 Å². The van der Waals surface area contributed by atoms with Gasteiger partial charge in [0, 0.05) is 13.0 Å². The smallest absolute Gasteiger partial charge is 0.266 e. The van der Waals surface area contributed by atoms with Gasteiger partial charge in [0.15, 0.2) is 0 Å². The lowest BCUT2D eigenvalue weighted by molar-refractivity contribution is 0.0718. The van der Waals surface area contributed by atoms with Gasteiger partial charge in [-0.1, -0.05) is 18.2 Å². The van der Waals surface area contributed by atoms with Crippen molar-refractivity contribution in [2.75, 3.05) is 6.54 Å². The largest absolute Gasteiger partial charge is 0.443 e. The average molecular weight is 371 g/mol. The predicted molar refractivity (Wildman–Crippen MR) is 95.6 cm³/mol. The van der Waals surface area contributed by atoms with E-state index in [1.165, 1.54) is 17.4 Å². The third-order valence-electron chi connectivity index (χ3n) is 4.63. The number of carbonyl (C=O) groups excluding carboxylic acids is 1. The summed E-state index contributed by atoms with van der Waals surface area (Å²) in [6.07, 6.45) is 3.68. The van der Waals surface area contributed by atoms with Crippen molar-refractivity contribution in [3.8, 4) is 0 Å². The second-order valence-electron chi connectivity index (χ2n) is 6.36. The molecule has 0 saturated carbocycles. The van der Waals surface area contributed by atoms with E-state index in [1.807, 2.05) is 6.92 Å². The predicted octanol–water partition coefficient (Wildman–Crippen LogP) is 4.15. The number of thiazole rings is 1. The number of oxazole rings is 1. The zero-order valence-electron chi connectivity index (χ0n) is 14.3. The molecule has 1 atom stereocenters. The second kappa shape index (κ2) is 6.99. The summed E-state index contributed by atoms with van der Waals surface area (Å²) in [5.41, 5.74) is 3.00. The Morgan fingerprint density at radius 2 is 2.23 bits per heavy atom. The second-order valence-corrected chi connectivity index (χ2v) is 7.21. The van der Waals surface area contributed by atoms with E-state index in [9.17, 15) is 9.18 Å². The summed E-state index contributed by atoms with van der Waals surface area (Å²) in [7, 11) is 0. The van der Waals surface area contributed by atoms with Gasteiger partial charge in [0.05, 0.1) is 17.4 Å². The van der Waals surface area contributed by atoms with Crippen LogP contribution in [0.3, 0.4) is 0 Å². The van der Waals surface area contributed by atoms with Crippen LogP contribution in [-0.4, -0.2) is 27.3 Å². The molecule has 1 aromatic carbocycles. The van der Waals surface area contributed by atoms with Gasteiger partial charge in [-0.3, -0.25) is 4.79 Å². The molecular weight excluding hydrogens is 353 g/mol. The molecule has 0 aliphatic carbocycles. The Morgan fingerprint density at radius 3 is 3.00 bits per heavy atom. The Hall–Kier alpha value is -2.54. The maximum Gasteiger partial charge on any atom is 0.266 e. The van der Waals surface area contributed by atoms with Crippen molar-refractivity contribution in [1.29, 1.82) is 0 Å². The van der Waals surface area contributed by atoms with Crippen LogP contribution in [0.1, 0.15) is 51.5 Å². The van der Waals surface area contributed by atoms with Crippen molar-refractivity contribution >= 4 is 17.2 Å². The molecule has 0 N–H and O–H groups in total. The van der Waals surface area contributed by atoms with Crippen molar-refractivity contribution in [3.63, 3.8) is 0 Å². The number of likely N-dealkylation sites (tertiary alicyclic amines) is 1. The first-order valence-electron chi connectivity index (χ1n) is 8.52. The molecule has 5 nitrogen and oxygen atoms in total. The van der Waals surface area contributed by atoms with Crippen molar-refractivity contribution in [3.05, 3.63) is 69.6 Å². The lowest BCUT2D eigenvalue weighted by atomic mass is 10.1. The highest BCUT2D eigenvalue weighted by atomic mass is 32.1. The van der Waals surface area contributed by atoms with Gasteiger partial charge in [-0.2, -0.15) is 0 Å². The summed E-state index contributed by atoms with van der Waals surface area (Å²) in [5.74, 6) is 0.827. The molecule has 1 aliphatic rings. The van der Waals surface area contributed by atoms with E-state index in [0.29, 0.717) is 35.1 Å². The van der Waals surface area contributed by atoms with Crippen molar-refractivity contribution < 1.29 is 13.6 Å². The molecule has 1 amide bonds. The average Bonchev–Trinajstić information content (AvgIpc) is 3.36. The molecule has 1 fully saturated rings. The summed E-state index contributed by atoms with van der Waals surface area (Å²) in [4.78, 5) is 23.8. The first-order chi connectivity index (χ1) is 12.6. The van der Waals surface area contributed by atoms with Gasteiger partial charge in [0.25, 0.3) is 5.91 Å². The van der Waals surface area contributed by atoms with Crippen LogP contribution in [-0.2, 0) is 6.42 Å². The Bertz CT molecular complexity index is 936. The molecule has 0 bridgehead atoms. The molecule has 0 unspecified atom stereocenters. The molecule has 4 rings (SSSR count). The highest BCUT2D eigenvalue weighted by Crippen LogP contribution is 2.34. The number of aromatic nitrogens is 2. The van der Waals surface area contributed by atoms with Gasteiger partial charge in [-0.05, 0) is 31.4 Å². The SMILES string of the molecule is Cc1ncsc1C(=O)N1CCC[C@@H]1c1ncc(Cc2ccccc2F)o1. The lowest BCUT2D eigenvalue weighted by Gasteiger charge is -2.21. The summed E-state index contributed by atoms with van der Waals surface area (Å²) in [5, 5.41) is 0. The highest BCUT2D eigenvalue weighted by Gasteiger charge is 2.35. The fourth-order valence-electron chi connectivity index (χ4n) is 3.29. The number of hydrogen-bond donors (Lipinski definition) is 0. The summed E-state index contributed by atoms with van der Waals surface area (Å²) >= 11 is 1.36. The molecule has 0 radical (unpaired) electrons. The van der Waals surface area contributed by atoms with E-state index in [-0.39, 0.29) is 17.8 Å². The van der Waals surface area contributed by atoms with Gasteiger partial charge < -0.3 is 9.32 Å². The van der Waals surface area contributed by atoms with Crippen molar-refractivity contribution in [1.82, 2.24) is 14.9 Å². The number of amides is 1. The normalized spacial score (nSPS) is 17.0. The molecule has 3 aromatic rings. The standard InChI is InChI=1S/C19H18FN3O2S/c1-12-17(26-11-22-12)19(24)23-8-4-7-16(23)18-21-10-14(25-18)9-13-5-2-3-6-15(13)20/h2-3,5-6,10-11,16H,4,7-9H2,1H3/t16-/m1/s1. The molecule has 134 valence electrons. The molecule has 1 aliphatic heterocycles. The molecule has 26 heavy (non-hydrogen) atoms. The van der Waals surface area contributed by atoms with Crippen molar-refractivity contribution in [2.24, 2.45) is 0 Å². The van der Waals surface area contributed by atoms with Gasteiger partial charge in [0.1, 0.15) is 22.5 Å². The van der Waals surface area contributed by atoms with E-state index in [2.05, 4.69) is 9.97 Å². The van der Waals surface area contributed by atoms with E-state index in [4.69, 9.17) is 4.42 Å². The molecule has 1 saturated heterocycles. The van der Waals surface area contributed by atoms with Crippen LogP contribution in [0.4, 0.5) is 4.39 Å². The molecular formula is C19H18FN3O2S. The number of benzene rings is 1. The van der Waals surface area contributed by atoms with Gasteiger partial charge in [0.2, 0.25) is 5.89 Å². The molecule has 0 spiro atoms. The maximum absolute atomic E-state index is 13.8. The van der Waals surface area contributed by atoms with Crippen LogP contribution in [0.25, 0.3) is 0 Å². The summed E-state index contributed by atoms with van der Waals surface area (Å²) < 4.78 is 19.7. The Labute approximate surface area is 154 Å². The monoisotopic (exact) mass is 371 g/mol. The molecule has 2 aromatic heterocycles. The lowest BCUT2D eigenvalue weighted by Crippen LogP contribution is -2.30. The zero-order valence-corrected chi connectivity index (χ0v) is 15.1. The van der Waals surface area contributed by atoms with Crippen LogP contribution in [0.2, 0.25) is 0 Å². The Morgan fingerprint density at radius 1 is 1.38 bits per heavy atom. The van der Waals surface area contributed by atoms with Crippen LogP contribution >= 0.6 is 11.3 Å². The maximum atomic E-state index is 13.8. The van der Waals surface area contributed by atoms with Crippen LogP contribution in [0.15, 0.2) is 40.4 Å². The van der Waals surface area contributed by atoms with E-state index in [0.717, 1.165) is 18.5 Å². The number of carbonyl (C=O) groups is 1. The Balaban J connectivity index is 1.54.